The van der Waals surface area contributed by atoms with Crippen LogP contribution in [0, 0.1) is 5.92 Å². The van der Waals surface area contributed by atoms with Crippen molar-refractivity contribution in [3.05, 3.63) is 35.0 Å². The van der Waals surface area contributed by atoms with Gasteiger partial charge in [-0.2, -0.15) is 0 Å². The van der Waals surface area contributed by atoms with Gasteiger partial charge in [0, 0.05) is 17.0 Å². The largest absolute Gasteiger partial charge is 0.481 e. The van der Waals surface area contributed by atoms with E-state index in [-0.39, 0.29) is 5.92 Å². The van der Waals surface area contributed by atoms with Crippen LogP contribution in [0.15, 0.2) is 28.9 Å². The molecular weight excluding hydrogens is 294 g/mol. The zero-order valence-corrected chi connectivity index (χ0v) is 12.5. The maximum absolute atomic E-state index is 10.4. The van der Waals surface area contributed by atoms with Gasteiger partial charge in [-0.15, -0.1) is 0 Å². The lowest BCUT2D eigenvalue weighted by molar-refractivity contribution is -0.138. The highest BCUT2D eigenvalue weighted by Crippen LogP contribution is 2.33. The molecule has 0 amide bonds. The lowest BCUT2D eigenvalue weighted by Gasteiger charge is -2.05. The number of hydrogen-bond acceptors (Lipinski definition) is 4. The van der Waals surface area contributed by atoms with E-state index in [1.54, 1.807) is 24.5 Å². The van der Waals surface area contributed by atoms with Crippen LogP contribution in [0.25, 0.3) is 11.0 Å². The van der Waals surface area contributed by atoms with Crippen molar-refractivity contribution in [3.63, 3.8) is 0 Å². The minimum absolute atomic E-state index is 0.0972. The van der Waals surface area contributed by atoms with E-state index in [1.807, 2.05) is 19.0 Å². The van der Waals surface area contributed by atoms with Crippen LogP contribution in [0.1, 0.15) is 16.8 Å². The van der Waals surface area contributed by atoms with Gasteiger partial charge < -0.3 is 14.4 Å². The Morgan fingerprint density at radius 3 is 2.67 bits per heavy atom. The molecule has 1 aliphatic carbocycles. The third-order valence-corrected chi connectivity index (χ3v) is 3.68. The van der Waals surface area contributed by atoms with Crippen LogP contribution in [-0.4, -0.2) is 42.4 Å². The molecule has 0 spiro atoms. The molecule has 1 saturated carbocycles. The number of nitrogens with zero attached hydrogens (tertiary/aromatic N) is 1. The van der Waals surface area contributed by atoms with Crippen LogP contribution in [0.4, 0.5) is 0 Å². The molecule has 5 nitrogen and oxygen atoms in total. The number of aliphatic carboxylic acids is 1. The quantitative estimate of drug-likeness (QED) is 0.883. The first kappa shape index (κ1) is 15.5. The normalized spacial score (nSPS) is 20.0. The summed E-state index contributed by atoms with van der Waals surface area (Å²) < 4.78 is 5.10. The highest BCUT2D eigenvalue weighted by Gasteiger charge is 2.44. The number of aldehydes is 1. The smallest absolute Gasteiger partial charge is 0.308 e. The molecule has 2 aromatic rings. The third-order valence-electron chi connectivity index (χ3n) is 3.40. The molecule has 0 aliphatic heterocycles. The Kier molecular flexibility index (Phi) is 4.65. The van der Waals surface area contributed by atoms with Crippen molar-refractivity contribution < 1.29 is 19.1 Å². The van der Waals surface area contributed by atoms with E-state index < -0.39 is 5.97 Å². The third kappa shape index (κ3) is 3.62. The van der Waals surface area contributed by atoms with Gasteiger partial charge in [-0.25, -0.2) is 0 Å². The van der Waals surface area contributed by atoms with Crippen LogP contribution in [0.5, 0.6) is 0 Å². The highest BCUT2D eigenvalue weighted by atomic mass is 35.5. The molecule has 1 heterocycles. The second-order valence-electron chi connectivity index (χ2n) is 5.17. The molecule has 0 radical (unpaired) electrons. The average molecular weight is 310 g/mol. The van der Waals surface area contributed by atoms with Gasteiger partial charge in [0.1, 0.15) is 6.29 Å². The number of carboxylic acids is 1. The van der Waals surface area contributed by atoms with Gasteiger partial charge in [-0.3, -0.25) is 9.59 Å². The Labute approximate surface area is 127 Å². The molecule has 21 heavy (non-hydrogen) atoms. The van der Waals surface area contributed by atoms with E-state index >= 15 is 0 Å². The average Bonchev–Trinajstić information content (AvgIpc) is 3.11. The standard InChI is InChI=1S/C9H5ClO2.C6H11NO2/c10-8-4-6(5-11)3-7-1-2-12-9(7)8;1-7(2)5-3-4(5)6(8)9/h1-5H;4-5H,3H2,1-2H3,(H,8,9). The topological polar surface area (TPSA) is 70.8 Å². The molecule has 1 aromatic heterocycles. The molecule has 0 saturated heterocycles. The first-order chi connectivity index (χ1) is 9.93. The van der Waals surface area contributed by atoms with E-state index in [2.05, 4.69) is 0 Å². The zero-order valence-electron chi connectivity index (χ0n) is 11.7. The number of benzene rings is 1. The van der Waals surface area contributed by atoms with E-state index in [0.717, 1.165) is 18.1 Å². The number of hydrogen-bond donors (Lipinski definition) is 1. The van der Waals surface area contributed by atoms with Crippen molar-refractivity contribution >= 4 is 34.8 Å². The van der Waals surface area contributed by atoms with Gasteiger partial charge in [0.25, 0.3) is 0 Å². The summed E-state index contributed by atoms with van der Waals surface area (Å²) in [6.07, 6.45) is 3.13. The molecule has 1 aliphatic rings. The summed E-state index contributed by atoms with van der Waals surface area (Å²) in [5.41, 5.74) is 1.19. The number of halogens is 1. The molecule has 1 fully saturated rings. The highest BCUT2D eigenvalue weighted by molar-refractivity contribution is 6.35. The summed E-state index contributed by atoms with van der Waals surface area (Å²) in [7, 11) is 3.82. The molecule has 2 atom stereocenters. The monoisotopic (exact) mass is 309 g/mol. The fourth-order valence-electron chi connectivity index (χ4n) is 2.15. The number of rotatable bonds is 3. The van der Waals surface area contributed by atoms with Gasteiger partial charge in [0.15, 0.2) is 5.58 Å². The van der Waals surface area contributed by atoms with Crippen LogP contribution in [0.3, 0.4) is 0 Å². The summed E-state index contributed by atoms with van der Waals surface area (Å²) >= 11 is 5.83. The fourth-order valence-corrected chi connectivity index (χ4v) is 2.43. The van der Waals surface area contributed by atoms with Crippen LogP contribution in [0.2, 0.25) is 5.02 Å². The Bertz CT molecular complexity index is 665. The summed E-state index contributed by atoms with van der Waals surface area (Å²) in [5, 5.41) is 9.77. The summed E-state index contributed by atoms with van der Waals surface area (Å²) in [6, 6.07) is 5.38. The van der Waals surface area contributed by atoms with Crippen molar-refractivity contribution in [2.45, 2.75) is 12.5 Å². The molecule has 2 unspecified atom stereocenters. The van der Waals surface area contributed by atoms with E-state index in [0.29, 0.717) is 22.2 Å². The van der Waals surface area contributed by atoms with Gasteiger partial charge in [-0.05, 0) is 38.7 Å². The minimum Gasteiger partial charge on any atom is -0.481 e. The predicted molar refractivity (Wildman–Crippen MR) is 79.8 cm³/mol. The lowest BCUT2D eigenvalue weighted by Crippen LogP contribution is -2.18. The SMILES string of the molecule is CN(C)C1CC1C(=O)O.O=Cc1cc(Cl)c2occc2c1. The number of fused-ring (bicyclic) bond motifs is 1. The van der Waals surface area contributed by atoms with Gasteiger partial charge in [0.05, 0.1) is 17.2 Å². The summed E-state index contributed by atoms with van der Waals surface area (Å²) in [4.78, 5) is 22.6. The molecular formula is C15H16ClNO4. The minimum atomic E-state index is -0.659. The van der Waals surface area contributed by atoms with Gasteiger partial charge in [-0.1, -0.05) is 11.6 Å². The van der Waals surface area contributed by atoms with Gasteiger partial charge in [0.2, 0.25) is 0 Å². The molecule has 1 aromatic carbocycles. The van der Waals surface area contributed by atoms with Crippen molar-refractivity contribution in [2.24, 2.45) is 5.92 Å². The van der Waals surface area contributed by atoms with Gasteiger partial charge >= 0.3 is 5.97 Å². The lowest BCUT2D eigenvalue weighted by atomic mass is 10.2. The van der Waals surface area contributed by atoms with Crippen LogP contribution in [-0.2, 0) is 4.79 Å². The maximum atomic E-state index is 10.4. The zero-order chi connectivity index (χ0) is 15.6. The first-order valence-corrected chi connectivity index (χ1v) is 6.83. The number of carbonyl (C=O) groups is 2. The maximum Gasteiger partial charge on any atom is 0.308 e. The van der Waals surface area contributed by atoms with Crippen molar-refractivity contribution in [3.8, 4) is 0 Å². The number of furan rings is 1. The van der Waals surface area contributed by atoms with Crippen molar-refractivity contribution in [1.82, 2.24) is 4.90 Å². The Hall–Kier alpha value is -1.85. The summed E-state index contributed by atoms with van der Waals surface area (Å²) in [6.45, 7) is 0. The molecule has 6 heteroatoms. The van der Waals surface area contributed by atoms with E-state index in [1.165, 1.54) is 0 Å². The van der Waals surface area contributed by atoms with Crippen molar-refractivity contribution in [2.75, 3.05) is 14.1 Å². The van der Waals surface area contributed by atoms with Crippen LogP contribution < -0.4 is 0 Å². The van der Waals surface area contributed by atoms with Crippen molar-refractivity contribution in [1.29, 1.82) is 0 Å². The number of carbonyl (C=O) groups excluding carboxylic acids is 1. The molecule has 0 bridgehead atoms. The molecule has 1 N–H and O–H groups in total. The van der Waals surface area contributed by atoms with Crippen LogP contribution >= 0.6 is 11.6 Å². The second-order valence-corrected chi connectivity index (χ2v) is 5.58. The van der Waals surface area contributed by atoms with E-state index in [9.17, 15) is 9.59 Å². The Balaban J connectivity index is 0.000000161. The fraction of sp³-hybridized carbons (Fsp3) is 0.333. The Morgan fingerprint density at radius 2 is 2.19 bits per heavy atom. The predicted octanol–water partition coefficient (Wildman–Crippen LogP) is 2.92. The molecule has 3 rings (SSSR count). The second kappa shape index (κ2) is 6.28. The Morgan fingerprint density at radius 1 is 1.48 bits per heavy atom. The summed E-state index contributed by atoms with van der Waals surface area (Å²) in [5.74, 6) is -0.756. The first-order valence-electron chi connectivity index (χ1n) is 6.45. The van der Waals surface area contributed by atoms with E-state index in [4.69, 9.17) is 21.1 Å². The number of carboxylic acid groups (broad SMARTS) is 1. The molecule has 112 valence electrons.